The lowest BCUT2D eigenvalue weighted by molar-refractivity contribution is 0.215. The molecule has 2 aliphatic rings. The lowest BCUT2D eigenvalue weighted by Gasteiger charge is -2.26. The topological polar surface area (TPSA) is 18.5 Å². The molecular weight excluding hydrogens is 222 g/mol. The lowest BCUT2D eigenvalue weighted by Crippen LogP contribution is -2.37. The van der Waals surface area contributed by atoms with Crippen LogP contribution in [0, 0.1) is 0 Å². The summed E-state index contributed by atoms with van der Waals surface area (Å²) >= 11 is 0. The van der Waals surface area contributed by atoms with Gasteiger partial charge in [-0.25, -0.2) is 0 Å². The Hall–Kier alpha value is -0.120. The molecule has 3 unspecified atom stereocenters. The number of nitrogens with zero attached hydrogens (tertiary/aromatic N) is 2. The predicted molar refractivity (Wildman–Crippen MR) is 78.0 cm³/mol. The van der Waals surface area contributed by atoms with Gasteiger partial charge in [0.15, 0.2) is 0 Å². The number of hydrogen-bond acceptors (Lipinski definition) is 3. The van der Waals surface area contributed by atoms with E-state index >= 15 is 0 Å². The molecule has 0 spiro atoms. The van der Waals surface area contributed by atoms with Crippen molar-refractivity contribution in [3.63, 3.8) is 0 Å². The van der Waals surface area contributed by atoms with Gasteiger partial charge in [0.05, 0.1) is 0 Å². The van der Waals surface area contributed by atoms with Crippen molar-refractivity contribution in [1.29, 1.82) is 0 Å². The molecule has 0 aromatic heterocycles. The summed E-state index contributed by atoms with van der Waals surface area (Å²) in [5.41, 5.74) is 0. The average Bonchev–Trinajstić information content (AvgIpc) is 2.62. The van der Waals surface area contributed by atoms with Crippen LogP contribution in [0.15, 0.2) is 0 Å². The Morgan fingerprint density at radius 1 is 1.22 bits per heavy atom. The van der Waals surface area contributed by atoms with E-state index in [2.05, 4.69) is 36.1 Å². The molecule has 1 N–H and O–H groups in total. The molecule has 3 atom stereocenters. The van der Waals surface area contributed by atoms with Crippen molar-refractivity contribution >= 4 is 0 Å². The Kier molecular flexibility index (Phi) is 5.46. The van der Waals surface area contributed by atoms with Gasteiger partial charge in [-0.1, -0.05) is 6.92 Å². The second-order valence-corrected chi connectivity index (χ2v) is 6.18. The van der Waals surface area contributed by atoms with Crippen molar-refractivity contribution in [2.45, 2.75) is 63.6 Å². The molecule has 0 radical (unpaired) electrons. The van der Waals surface area contributed by atoms with Crippen LogP contribution < -0.4 is 5.32 Å². The number of likely N-dealkylation sites (tertiary alicyclic amines) is 1. The molecule has 18 heavy (non-hydrogen) atoms. The van der Waals surface area contributed by atoms with E-state index in [1.165, 1.54) is 58.2 Å². The lowest BCUT2D eigenvalue weighted by atomic mass is 10.1. The standard InChI is InChI=1S/C15H31N3/c1-4-13(16-2)6-5-10-18-11-9-14-7-8-15(12-18)17(14)3/h13-16H,4-12H2,1-3H3. The molecule has 0 aromatic carbocycles. The second kappa shape index (κ2) is 6.88. The molecule has 106 valence electrons. The van der Waals surface area contributed by atoms with Crippen molar-refractivity contribution in [3.8, 4) is 0 Å². The van der Waals surface area contributed by atoms with Gasteiger partial charge in [0.25, 0.3) is 0 Å². The van der Waals surface area contributed by atoms with Crippen LogP contribution in [0.25, 0.3) is 0 Å². The quantitative estimate of drug-likeness (QED) is 0.780. The number of nitrogens with one attached hydrogen (secondary N) is 1. The molecule has 2 heterocycles. The van der Waals surface area contributed by atoms with E-state index < -0.39 is 0 Å². The van der Waals surface area contributed by atoms with Crippen LogP contribution in [0.5, 0.6) is 0 Å². The molecule has 2 fully saturated rings. The molecule has 3 nitrogen and oxygen atoms in total. The summed E-state index contributed by atoms with van der Waals surface area (Å²) in [5, 5.41) is 3.41. The van der Waals surface area contributed by atoms with Crippen LogP contribution in [-0.2, 0) is 0 Å². The number of fused-ring (bicyclic) bond motifs is 2. The number of hydrogen-bond donors (Lipinski definition) is 1. The minimum absolute atomic E-state index is 0.719. The highest BCUT2D eigenvalue weighted by molar-refractivity contribution is 4.90. The maximum absolute atomic E-state index is 3.41. The average molecular weight is 253 g/mol. The minimum atomic E-state index is 0.719. The van der Waals surface area contributed by atoms with Gasteiger partial charge in [-0.05, 0) is 65.7 Å². The molecule has 0 aromatic rings. The Morgan fingerprint density at radius 3 is 2.72 bits per heavy atom. The van der Waals surface area contributed by atoms with E-state index in [4.69, 9.17) is 0 Å². The van der Waals surface area contributed by atoms with Crippen molar-refractivity contribution in [2.24, 2.45) is 0 Å². The summed E-state index contributed by atoms with van der Waals surface area (Å²) in [6, 6.07) is 2.43. The summed E-state index contributed by atoms with van der Waals surface area (Å²) in [5.74, 6) is 0. The predicted octanol–water partition coefficient (Wildman–Crippen LogP) is 1.93. The first kappa shape index (κ1) is 14.3. The Bertz CT molecular complexity index is 240. The van der Waals surface area contributed by atoms with Crippen molar-refractivity contribution < 1.29 is 0 Å². The van der Waals surface area contributed by atoms with Crippen LogP contribution in [-0.4, -0.2) is 61.7 Å². The van der Waals surface area contributed by atoms with Crippen LogP contribution in [0.3, 0.4) is 0 Å². The van der Waals surface area contributed by atoms with E-state index in [-0.39, 0.29) is 0 Å². The van der Waals surface area contributed by atoms with E-state index in [1.54, 1.807) is 0 Å². The SMILES string of the molecule is CCC(CCCN1CCC2CCC(C1)N2C)NC. The van der Waals surface area contributed by atoms with Crippen molar-refractivity contribution in [2.75, 3.05) is 33.7 Å². The smallest absolute Gasteiger partial charge is 0.0223 e. The van der Waals surface area contributed by atoms with Gasteiger partial charge in [-0.15, -0.1) is 0 Å². The van der Waals surface area contributed by atoms with Crippen LogP contribution in [0.2, 0.25) is 0 Å². The van der Waals surface area contributed by atoms with Crippen molar-refractivity contribution in [3.05, 3.63) is 0 Å². The van der Waals surface area contributed by atoms with Gasteiger partial charge in [-0.2, -0.15) is 0 Å². The molecule has 2 aliphatic heterocycles. The van der Waals surface area contributed by atoms with Crippen LogP contribution in [0.1, 0.15) is 45.4 Å². The van der Waals surface area contributed by atoms with E-state index in [0.29, 0.717) is 0 Å². The molecule has 2 saturated heterocycles. The van der Waals surface area contributed by atoms with Crippen molar-refractivity contribution in [1.82, 2.24) is 15.1 Å². The molecule has 0 aliphatic carbocycles. The minimum Gasteiger partial charge on any atom is -0.317 e. The van der Waals surface area contributed by atoms with Gasteiger partial charge in [-0.3, -0.25) is 4.90 Å². The first-order valence-electron chi connectivity index (χ1n) is 7.86. The molecule has 2 rings (SSSR count). The third kappa shape index (κ3) is 3.46. The van der Waals surface area contributed by atoms with Gasteiger partial charge < -0.3 is 10.2 Å². The van der Waals surface area contributed by atoms with Gasteiger partial charge in [0, 0.05) is 24.7 Å². The summed E-state index contributed by atoms with van der Waals surface area (Å²) in [6.07, 6.45) is 8.17. The molecule has 0 amide bonds. The number of likely N-dealkylation sites (N-methyl/N-ethyl adjacent to an activating group) is 1. The van der Waals surface area contributed by atoms with Crippen LogP contribution in [0.4, 0.5) is 0 Å². The van der Waals surface area contributed by atoms with E-state index in [9.17, 15) is 0 Å². The zero-order valence-electron chi connectivity index (χ0n) is 12.5. The summed E-state index contributed by atoms with van der Waals surface area (Å²) < 4.78 is 0. The van der Waals surface area contributed by atoms with Gasteiger partial charge in [0.1, 0.15) is 0 Å². The summed E-state index contributed by atoms with van der Waals surface area (Å²) in [4.78, 5) is 5.35. The van der Waals surface area contributed by atoms with Crippen LogP contribution >= 0.6 is 0 Å². The summed E-state index contributed by atoms with van der Waals surface area (Å²) in [7, 11) is 4.42. The number of rotatable bonds is 6. The fourth-order valence-corrected chi connectivity index (χ4v) is 3.70. The molecule has 3 heteroatoms. The maximum Gasteiger partial charge on any atom is 0.0223 e. The largest absolute Gasteiger partial charge is 0.317 e. The Labute approximate surface area is 113 Å². The monoisotopic (exact) mass is 253 g/mol. The molecule has 2 bridgehead atoms. The maximum atomic E-state index is 3.41. The highest BCUT2D eigenvalue weighted by Crippen LogP contribution is 2.28. The zero-order chi connectivity index (χ0) is 13.0. The normalized spacial score (nSPS) is 31.5. The van der Waals surface area contributed by atoms with E-state index in [0.717, 1.165) is 18.1 Å². The fraction of sp³-hybridized carbons (Fsp3) is 1.00. The Balaban J connectivity index is 1.71. The molecular formula is C15H31N3. The highest BCUT2D eigenvalue weighted by atomic mass is 15.3. The second-order valence-electron chi connectivity index (χ2n) is 6.18. The molecule has 0 saturated carbocycles. The van der Waals surface area contributed by atoms with Gasteiger partial charge >= 0.3 is 0 Å². The van der Waals surface area contributed by atoms with E-state index in [1.807, 2.05) is 0 Å². The fourth-order valence-electron chi connectivity index (χ4n) is 3.70. The third-order valence-corrected chi connectivity index (χ3v) is 5.16. The summed E-state index contributed by atoms with van der Waals surface area (Å²) in [6.45, 7) is 6.21. The highest BCUT2D eigenvalue weighted by Gasteiger charge is 2.34. The third-order valence-electron chi connectivity index (χ3n) is 5.16. The first-order chi connectivity index (χ1) is 8.74. The zero-order valence-corrected chi connectivity index (χ0v) is 12.5. The first-order valence-corrected chi connectivity index (χ1v) is 7.86. The van der Waals surface area contributed by atoms with Gasteiger partial charge in [0.2, 0.25) is 0 Å². The Morgan fingerprint density at radius 2 is 2.00 bits per heavy atom.